The number of benzene rings is 1. The quantitative estimate of drug-likeness (QED) is 0.885. The third-order valence-corrected chi connectivity index (χ3v) is 3.21. The molecule has 4 nitrogen and oxygen atoms in total. The van der Waals surface area contributed by atoms with Crippen molar-refractivity contribution in [3.05, 3.63) is 57.7 Å². The van der Waals surface area contributed by atoms with Crippen LogP contribution in [0.2, 0.25) is 0 Å². The normalized spacial score (nSPS) is 10.3. The van der Waals surface area contributed by atoms with Crippen molar-refractivity contribution in [3.8, 4) is 0 Å². The van der Waals surface area contributed by atoms with Gasteiger partial charge in [0.05, 0.1) is 5.56 Å². The second-order valence-electron chi connectivity index (χ2n) is 4.23. The zero-order valence-electron chi connectivity index (χ0n) is 11.1. The van der Waals surface area contributed by atoms with E-state index < -0.39 is 11.6 Å². The summed E-state index contributed by atoms with van der Waals surface area (Å²) in [6.07, 6.45) is 1.57. The van der Waals surface area contributed by atoms with E-state index in [1.54, 1.807) is 19.3 Å². The van der Waals surface area contributed by atoms with E-state index in [1.807, 2.05) is 0 Å². The lowest BCUT2D eigenvalue weighted by atomic mass is 10.2. The van der Waals surface area contributed by atoms with Gasteiger partial charge in [0.2, 0.25) is 0 Å². The molecule has 0 radical (unpaired) electrons. The Morgan fingerprint density at radius 1 is 1.29 bits per heavy atom. The third-order valence-electron chi connectivity index (χ3n) is 2.77. The standard InChI is InChI=1S/C14H12BrF2N3O/c1-18-13-10(5-9(15)7-19-13)14(21)20-6-8-2-3-11(16)12(17)4-8/h2-5,7H,6H2,1H3,(H,18,19)(H,20,21). The maximum absolute atomic E-state index is 13.1. The summed E-state index contributed by atoms with van der Waals surface area (Å²) in [7, 11) is 1.66. The van der Waals surface area contributed by atoms with Gasteiger partial charge in [0.15, 0.2) is 11.6 Å². The Morgan fingerprint density at radius 3 is 2.71 bits per heavy atom. The molecule has 0 unspecified atom stereocenters. The molecule has 7 heteroatoms. The van der Waals surface area contributed by atoms with Crippen LogP contribution in [0.25, 0.3) is 0 Å². The van der Waals surface area contributed by atoms with Gasteiger partial charge in [-0.15, -0.1) is 0 Å². The molecule has 0 saturated carbocycles. The molecule has 110 valence electrons. The number of pyridine rings is 1. The molecule has 0 atom stereocenters. The van der Waals surface area contributed by atoms with Gasteiger partial charge in [0.1, 0.15) is 5.82 Å². The number of aromatic nitrogens is 1. The van der Waals surface area contributed by atoms with Gasteiger partial charge < -0.3 is 10.6 Å². The minimum absolute atomic E-state index is 0.0890. The van der Waals surface area contributed by atoms with Gasteiger partial charge in [-0.1, -0.05) is 6.07 Å². The zero-order chi connectivity index (χ0) is 15.4. The summed E-state index contributed by atoms with van der Waals surface area (Å²) in [5, 5.41) is 5.45. The number of halogens is 3. The number of hydrogen-bond donors (Lipinski definition) is 2. The molecule has 2 aromatic rings. The van der Waals surface area contributed by atoms with E-state index in [9.17, 15) is 13.6 Å². The third kappa shape index (κ3) is 3.75. The molecule has 1 aromatic heterocycles. The van der Waals surface area contributed by atoms with E-state index in [0.717, 1.165) is 12.1 Å². The summed E-state index contributed by atoms with van der Waals surface area (Å²) in [5.41, 5.74) is 0.825. The minimum atomic E-state index is -0.943. The van der Waals surface area contributed by atoms with Crippen molar-refractivity contribution in [2.75, 3.05) is 12.4 Å². The first-order chi connectivity index (χ1) is 10.0. The van der Waals surface area contributed by atoms with Crippen molar-refractivity contribution in [1.29, 1.82) is 0 Å². The Balaban J connectivity index is 2.11. The van der Waals surface area contributed by atoms with Crippen LogP contribution in [0.4, 0.5) is 14.6 Å². The monoisotopic (exact) mass is 355 g/mol. The van der Waals surface area contributed by atoms with E-state index >= 15 is 0 Å². The Morgan fingerprint density at radius 2 is 2.05 bits per heavy atom. The highest BCUT2D eigenvalue weighted by molar-refractivity contribution is 9.10. The molecule has 0 aliphatic rings. The number of nitrogens with one attached hydrogen (secondary N) is 2. The molecule has 2 rings (SSSR count). The molecule has 0 aliphatic heterocycles. The van der Waals surface area contributed by atoms with Crippen molar-refractivity contribution in [2.45, 2.75) is 6.54 Å². The maximum Gasteiger partial charge on any atom is 0.255 e. The summed E-state index contributed by atoms with van der Waals surface area (Å²) >= 11 is 3.25. The topological polar surface area (TPSA) is 54.0 Å². The number of carbonyl (C=O) groups excluding carboxylic acids is 1. The van der Waals surface area contributed by atoms with Gasteiger partial charge in [-0.05, 0) is 39.7 Å². The van der Waals surface area contributed by atoms with Crippen LogP contribution in [0.15, 0.2) is 34.9 Å². The summed E-state index contributed by atoms with van der Waals surface area (Å²) in [6, 6.07) is 5.11. The van der Waals surface area contributed by atoms with E-state index in [0.29, 0.717) is 21.4 Å². The van der Waals surface area contributed by atoms with Crippen LogP contribution in [0.1, 0.15) is 15.9 Å². The van der Waals surface area contributed by atoms with E-state index in [1.165, 1.54) is 6.07 Å². The van der Waals surface area contributed by atoms with Crippen molar-refractivity contribution < 1.29 is 13.6 Å². The van der Waals surface area contributed by atoms with Crippen LogP contribution >= 0.6 is 15.9 Å². The summed E-state index contributed by atoms with van der Waals surface area (Å²) in [6.45, 7) is 0.0890. The lowest BCUT2D eigenvalue weighted by Crippen LogP contribution is -2.24. The number of anilines is 1. The van der Waals surface area contributed by atoms with Crippen LogP contribution in [-0.2, 0) is 6.54 Å². The molecule has 0 fully saturated rings. The number of rotatable bonds is 4. The second-order valence-corrected chi connectivity index (χ2v) is 5.15. The van der Waals surface area contributed by atoms with Gasteiger partial charge in [-0.3, -0.25) is 4.79 Å². The lowest BCUT2D eigenvalue weighted by Gasteiger charge is -2.09. The highest BCUT2D eigenvalue weighted by Crippen LogP contribution is 2.17. The average molecular weight is 356 g/mol. The van der Waals surface area contributed by atoms with Gasteiger partial charge in [0, 0.05) is 24.3 Å². The predicted molar refractivity (Wildman–Crippen MR) is 79.0 cm³/mol. The molecule has 0 saturated heterocycles. The van der Waals surface area contributed by atoms with Gasteiger partial charge in [-0.25, -0.2) is 13.8 Å². The molecule has 0 spiro atoms. The maximum atomic E-state index is 13.1. The molecule has 1 heterocycles. The molecule has 0 bridgehead atoms. The van der Waals surface area contributed by atoms with Crippen molar-refractivity contribution in [3.63, 3.8) is 0 Å². The highest BCUT2D eigenvalue weighted by atomic mass is 79.9. The van der Waals surface area contributed by atoms with E-state index in [4.69, 9.17) is 0 Å². The van der Waals surface area contributed by atoms with E-state index in [-0.39, 0.29) is 12.5 Å². The summed E-state index contributed by atoms with van der Waals surface area (Å²) < 4.78 is 26.6. The van der Waals surface area contributed by atoms with Crippen LogP contribution in [0, 0.1) is 11.6 Å². The Hall–Kier alpha value is -2.02. The fourth-order valence-corrected chi connectivity index (χ4v) is 2.07. The molecule has 0 aliphatic carbocycles. The van der Waals surface area contributed by atoms with Crippen LogP contribution in [0.5, 0.6) is 0 Å². The summed E-state index contributed by atoms with van der Waals surface area (Å²) in [4.78, 5) is 16.2. The largest absolute Gasteiger partial charge is 0.372 e. The first-order valence-corrected chi connectivity index (χ1v) is 6.86. The lowest BCUT2D eigenvalue weighted by molar-refractivity contribution is 0.0951. The zero-order valence-corrected chi connectivity index (χ0v) is 12.7. The minimum Gasteiger partial charge on any atom is -0.372 e. The van der Waals surface area contributed by atoms with Crippen molar-refractivity contribution in [2.24, 2.45) is 0 Å². The fourth-order valence-electron chi connectivity index (χ4n) is 1.74. The first-order valence-electron chi connectivity index (χ1n) is 6.06. The number of amides is 1. The number of hydrogen-bond acceptors (Lipinski definition) is 3. The number of carbonyl (C=O) groups is 1. The second kappa shape index (κ2) is 6.62. The van der Waals surface area contributed by atoms with Gasteiger partial charge in [0.25, 0.3) is 5.91 Å². The smallest absolute Gasteiger partial charge is 0.255 e. The van der Waals surface area contributed by atoms with E-state index in [2.05, 4.69) is 31.5 Å². The summed E-state index contributed by atoms with van der Waals surface area (Å²) in [5.74, 6) is -1.79. The molecule has 2 N–H and O–H groups in total. The molecule has 1 aromatic carbocycles. The molecule has 21 heavy (non-hydrogen) atoms. The Kier molecular flexibility index (Phi) is 4.85. The van der Waals surface area contributed by atoms with Crippen LogP contribution in [0.3, 0.4) is 0 Å². The van der Waals surface area contributed by atoms with Gasteiger partial charge >= 0.3 is 0 Å². The van der Waals surface area contributed by atoms with Crippen LogP contribution < -0.4 is 10.6 Å². The Labute approximate surface area is 128 Å². The van der Waals surface area contributed by atoms with Crippen molar-refractivity contribution >= 4 is 27.7 Å². The van der Waals surface area contributed by atoms with Gasteiger partial charge in [-0.2, -0.15) is 0 Å². The van der Waals surface area contributed by atoms with Crippen LogP contribution in [-0.4, -0.2) is 17.9 Å². The number of nitrogens with zero attached hydrogens (tertiary/aromatic N) is 1. The molecule has 1 amide bonds. The Bertz CT molecular complexity index is 679. The highest BCUT2D eigenvalue weighted by Gasteiger charge is 2.12. The fraction of sp³-hybridized carbons (Fsp3) is 0.143. The SMILES string of the molecule is CNc1ncc(Br)cc1C(=O)NCc1ccc(F)c(F)c1. The molecular formula is C14H12BrF2N3O. The average Bonchev–Trinajstić information content (AvgIpc) is 2.48. The predicted octanol–water partition coefficient (Wildman–Crippen LogP) is 3.09. The first kappa shape index (κ1) is 15.4. The van der Waals surface area contributed by atoms with Crippen molar-refractivity contribution in [1.82, 2.24) is 10.3 Å². The molecular weight excluding hydrogens is 344 g/mol.